The van der Waals surface area contributed by atoms with Gasteiger partial charge >= 0.3 is 0 Å². The van der Waals surface area contributed by atoms with Crippen LogP contribution in [0.4, 0.5) is 0 Å². The molecular weight excluding hydrogens is 432 g/mol. The van der Waals surface area contributed by atoms with Crippen LogP contribution in [0.5, 0.6) is 0 Å². The Balaban J connectivity index is 3.06. The lowest BCUT2D eigenvalue weighted by Gasteiger charge is -2.39. The summed E-state index contributed by atoms with van der Waals surface area (Å²) >= 11 is 0. The van der Waals surface area contributed by atoms with Crippen molar-refractivity contribution in [2.24, 2.45) is 0 Å². The zero-order chi connectivity index (χ0) is 23.6. The Morgan fingerprint density at radius 3 is 1.50 bits per heavy atom. The van der Waals surface area contributed by atoms with E-state index >= 15 is 0 Å². The van der Waals surface area contributed by atoms with Gasteiger partial charge in [0.15, 0.2) is 16.6 Å². The molecule has 0 aliphatic carbocycles. The van der Waals surface area contributed by atoms with Crippen LogP contribution in [-0.4, -0.2) is 44.4 Å². The minimum atomic E-state index is -3.91. The van der Waals surface area contributed by atoms with Crippen LogP contribution in [0, 0.1) is 6.92 Å². The van der Waals surface area contributed by atoms with E-state index in [4.69, 9.17) is 13.0 Å². The van der Waals surface area contributed by atoms with Crippen molar-refractivity contribution in [2.75, 3.05) is 13.2 Å². The molecule has 5 nitrogen and oxygen atoms in total. The maximum absolute atomic E-state index is 12.9. The van der Waals surface area contributed by atoms with Gasteiger partial charge in [0.05, 0.1) is 18.1 Å². The molecule has 0 saturated heterocycles. The molecule has 0 bridgehead atoms. The highest BCUT2D eigenvalue weighted by Gasteiger charge is 2.40. The van der Waals surface area contributed by atoms with Gasteiger partial charge in [-0.25, -0.2) is 0 Å². The van der Waals surface area contributed by atoms with Crippen LogP contribution >= 0.6 is 0 Å². The van der Waals surface area contributed by atoms with E-state index in [0.29, 0.717) is 0 Å². The average molecular weight is 475 g/mol. The first kappa shape index (κ1) is 27.5. The van der Waals surface area contributed by atoms with E-state index in [0.717, 1.165) is 5.56 Å². The Hall–Kier alpha value is -0.516. The molecule has 0 heterocycles. The summed E-state index contributed by atoms with van der Waals surface area (Å²) in [6.07, 6.45) is -0.695. The Labute approximate surface area is 186 Å². The zero-order valence-corrected chi connectivity index (χ0v) is 23.6. The molecule has 0 amide bonds. The third-order valence-electron chi connectivity index (χ3n) is 6.44. The molecule has 0 atom stereocenters. The van der Waals surface area contributed by atoms with Gasteiger partial charge in [-0.1, -0.05) is 59.2 Å². The zero-order valence-electron chi connectivity index (χ0n) is 20.8. The van der Waals surface area contributed by atoms with Gasteiger partial charge in [-0.2, -0.15) is 8.42 Å². The predicted octanol–water partition coefficient (Wildman–Crippen LogP) is 6.11. The number of rotatable bonds is 9. The van der Waals surface area contributed by atoms with Gasteiger partial charge in [0.25, 0.3) is 10.1 Å². The molecule has 1 aromatic rings. The van der Waals surface area contributed by atoms with Crippen molar-refractivity contribution in [1.29, 1.82) is 0 Å². The second-order valence-electron chi connectivity index (χ2n) is 11.1. The lowest BCUT2D eigenvalue weighted by Crippen LogP contribution is -2.46. The van der Waals surface area contributed by atoms with Crippen LogP contribution in [0.25, 0.3) is 0 Å². The van der Waals surface area contributed by atoms with Crippen molar-refractivity contribution in [3.63, 3.8) is 0 Å². The summed E-state index contributed by atoms with van der Waals surface area (Å²) in [5, 5.41) is 0.0430. The van der Waals surface area contributed by atoms with E-state index in [2.05, 4.69) is 67.7 Å². The summed E-state index contributed by atoms with van der Waals surface area (Å²) in [6.45, 7) is 23.8. The summed E-state index contributed by atoms with van der Waals surface area (Å²) in [5.41, 5.74) is 0.994. The van der Waals surface area contributed by atoms with Crippen molar-refractivity contribution in [1.82, 2.24) is 0 Å². The minimum Gasteiger partial charge on any atom is -0.414 e. The molecule has 174 valence electrons. The molecule has 0 aliphatic rings. The maximum Gasteiger partial charge on any atom is 0.297 e. The average Bonchev–Trinajstić information content (AvgIpc) is 2.55. The standard InChI is InChI=1S/C22H42O5SSi2/c1-18-12-14-20(15-13-18)28(23,24)27-19(16-25-29(8,9)21(2,3)4)17-26-30(10,11)22(5,6)7/h12-15,19H,16-17H2,1-11H3. The number of aryl methyl sites for hydroxylation is 1. The molecule has 0 radical (unpaired) electrons. The van der Waals surface area contributed by atoms with Crippen molar-refractivity contribution in [2.45, 2.75) is 95.7 Å². The SMILES string of the molecule is Cc1ccc(S(=O)(=O)OC(CO[Si](C)(C)C(C)(C)C)CO[Si](C)(C)C(C)(C)C)cc1. The van der Waals surface area contributed by atoms with Gasteiger partial charge in [0, 0.05) is 0 Å². The first-order valence-corrected chi connectivity index (χ1v) is 17.8. The molecule has 0 N–H and O–H groups in total. The highest BCUT2D eigenvalue weighted by atomic mass is 32.2. The highest BCUT2D eigenvalue weighted by molar-refractivity contribution is 7.86. The van der Waals surface area contributed by atoms with E-state index in [1.54, 1.807) is 24.3 Å². The Kier molecular flexibility index (Phi) is 8.75. The summed E-state index contributed by atoms with van der Waals surface area (Å²) in [5.74, 6) is 0. The fourth-order valence-electron chi connectivity index (χ4n) is 2.08. The van der Waals surface area contributed by atoms with E-state index in [-0.39, 0.29) is 28.2 Å². The second-order valence-corrected chi connectivity index (χ2v) is 22.3. The Bertz CT molecular complexity index is 758. The normalized spacial score (nSPS) is 14.4. The number of hydrogen-bond acceptors (Lipinski definition) is 5. The fraction of sp³-hybridized carbons (Fsp3) is 0.727. The van der Waals surface area contributed by atoms with E-state index < -0.39 is 32.9 Å². The smallest absolute Gasteiger partial charge is 0.297 e. The fourth-order valence-corrected chi connectivity index (χ4v) is 5.20. The molecule has 0 unspecified atom stereocenters. The number of benzene rings is 1. The first-order chi connectivity index (χ1) is 13.3. The van der Waals surface area contributed by atoms with Crippen LogP contribution in [0.1, 0.15) is 47.1 Å². The van der Waals surface area contributed by atoms with E-state index in [1.165, 1.54) is 0 Å². The lowest BCUT2D eigenvalue weighted by molar-refractivity contribution is 0.0751. The van der Waals surface area contributed by atoms with Crippen LogP contribution < -0.4 is 0 Å². The highest BCUT2D eigenvalue weighted by Crippen LogP contribution is 2.38. The predicted molar refractivity (Wildman–Crippen MR) is 130 cm³/mol. The van der Waals surface area contributed by atoms with Gasteiger partial charge in [-0.3, -0.25) is 4.18 Å². The van der Waals surface area contributed by atoms with Crippen LogP contribution in [0.3, 0.4) is 0 Å². The first-order valence-electron chi connectivity index (χ1n) is 10.6. The molecular formula is C22H42O5SSi2. The second kappa shape index (κ2) is 9.54. The third kappa shape index (κ3) is 7.56. The molecule has 0 fully saturated rings. The molecule has 1 rings (SSSR count). The van der Waals surface area contributed by atoms with E-state index in [9.17, 15) is 8.42 Å². The summed E-state index contributed by atoms with van der Waals surface area (Å²) in [7, 11) is -8.03. The van der Waals surface area contributed by atoms with Gasteiger partial charge in [-0.05, 0) is 55.3 Å². The lowest BCUT2D eigenvalue weighted by atomic mass is 10.2. The van der Waals surface area contributed by atoms with Crippen LogP contribution in [0.15, 0.2) is 29.2 Å². The molecule has 0 spiro atoms. The molecule has 0 saturated carbocycles. The minimum absolute atomic E-state index is 0.0215. The van der Waals surface area contributed by atoms with Gasteiger partial charge in [-0.15, -0.1) is 0 Å². The monoisotopic (exact) mass is 474 g/mol. The topological polar surface area (TPSA) is 61.8 Å². The van der Waals surface area contributed by atoms with Gasteiger partial charge in [0.2, 0.25) is 0 Å². The largest absolute Gasteiger partial charge is 0.414 e. The maximum atomic E-state index is 12.9. The molecule has 1 aromatic carbocycles. The van der Waals surface area contributed by atoms with Gasteiger partial charge in [0.1, 0.15) is 6.10 Å². The Morgan fingerprint density at radius 2 is 1.17 bits per heavy atom. The van der Waals surface area contributed by atoms with Crippen LogP contribution in [0.2, 0.25) is 36.3 Å². The van der Waals surface area contributed by atoms with Crippen molar-refractivity contribution in [3.8, 4) is 0 Å². The van der Waals surface area contributed by atoms with Crippen molar-refractivity contribution < 1.29 is 21.5 Å². The van der Waals surface area contributed by atoms with Gasteiger partial charge < -0.3 is 8.85 Å². The Morgan fingerprint density at radius 1 is 0.800 bits per heavy atom. The number of hydrogen-bond donors (Lipinski definition) is 0. The molecule has 8 heteroatoms. The molecule has 0 aromatic heterocycles. The summed E-state index contributed by atoms with van der Waals surface area (Å²) in [4.78, 5) is 0.151. The third-order valence-corrected chi connectivity index (χ3v) is 16.8. The quantitative estimate of drug-likeness (QED) is 0.319. The molecule has 0 aliphatic heterocycles. The summed E-state index contributed by atoms with van der Waals surface area (Å²) < 4.78 is 44.0. The molecule has 30 heavy (non-hydrogen) atoms. The van der Waals surface area contributed by atoms with Crippen molar-refractivity contribution in [3.05, 3.63) is 29.8 Å². The van der Waals surface area contributed by atoms with Crippen LogP contribution in [-0.2, 0) is 23.2 Å². The summed E-state index contributed by atoms with van der Waals surface area (Å²) in [6, 6.07) is 6.68. The van der Waals surface area contributed by atoms with Crippen molar-refractivity contribution >= 4 is 26.8 Å². The van der Waals surface area contributed by atoms with E-state index in [1.807, 2.05) is 6.92 Å².